The molecule has 2 aliphatic heterocycles. The fourth-order valence-corrected chi connectivity index (χ4v) is 3.02. The van der Waals surface area contributed by atoms with Crippen LogP contribution in [-0.4, -0.2) is 45.8 Å². The molecule has 98 valence electrons. The number of amides is 1. The van der Waals surface area contributed by atoms with Gasteiger partial charge in [0.25, 0.3) is 0 Å². The monoisotopic (exact) mass is 248 g/mol. The summed E-state index contributed by atoms with van der Waals surface area (Å²) in [7, 11) is 1.88. The number of nitrogens with one attached hydrogen (secondary N) is 1. The summed E-state index contributed by atoms with van der Waals surface area (Å²) in [6.45, 7) is 1.77. The first kappa shape index (κ1) is 11.7. The molecule has 2 unspecified atom stereocenters. The standard InChI is InChI=1S/C13H20N4O/c1-16-8-10(7-14-16)6-13(18)17-5-4-11-2-3-12(9-17)15-11/h7-8,11-12,15H,2-6,9H2,1H3. The number of carbonyl (C=O) groups excluding carboxylic acids is 1. The Hall–Kier alpha value is -1.36. The zero-order chi connectivity index (χ0) is 12.5. The lowest BCUT2D eigenvalue weighted by Gasteiger charge is -2.24. The molecule has 1 aromatic heterocycles. The van der Waals surface area contributed by atoms with Gasteiger partial charge in [0.2, 0.25) is 5.91 Å². The summed E-state index contributed by atoms with van der Waals surface area (Å²) in [5.74, 6) is 0.234. The Balaban J connectivity index is 1.62. The van der Waals surface area contributed by atoms with Gasteiger partial charge in [0.15, 0.2) is 0 Å². The van der Waals surface area contributed by atoms with Gasteiger partial charge in [-0.15, -0.1) is 0 Å². The smallest absolute Gasteiger partial charge is 0.227 e. The van der Waals surface area contributed by atoms with Crippen molar-refractivity contribution in [2.45, 2.75) is 37.8 Å². The molecule has 0 aromatic carbocycles. The van der Waals surface area contributed by atoms with Crippen LogP contribution in [0.25, 0.3) is 0 Å². The Labute approximate surface area is 107 Å². The minimum Gasteiger partial charge on any atom is -0.341 e. The Morgan fingerprint density at radius 1 is 1.44 bits per heavy atom. The highest BCUT2D eigenvalue weighted by Crippen LogP contribution is 2.20. The highest BCUT2D eigenvalue weighted by atomic mass is 16.2. The van der Waals surface area contributed by atoms with Crippen LogP contribution in [-0.2, 0) is 18.3 Å². The summed E-state index contributed by atoms with van der Waals surface area (Å²) < 4.78 is 1.74. The average molecular weight is 248 g/mol. The van der Waals surface area contributed by atoms with Crippen molar-refractivity contribution in [3.63, 3.8) is 0 Å². The van der Waals surface area contributed by atoms with Crippen LogP contribution >= 0.6 is 0 Å². The first-order valence-electron chi connectivity index (χ1n) is 6.72. The van der Waals surface area contributed by atoms with Crippen LogP contribution in [0.15, 0.2) is 12.4 Å². The maximum absolute atomic E-state index is 12.3. The minimum atomic E-state index is 0.234. The van der Waals surface area contributed by atoms with Crippen LogP contribution in [0.5, 0.6) is 0 Å². The first-order valence-corrected chi connectivity index (χ1v) is 6.72. The summed E-state index contributed by atoms with van der Waals surface area (Å²) in [6, 6.07) is 1.14. The molecular formula is C13H20N4O. The van der Waals surface area contributed by atoms with E-state index < -0.39 is 0 Å². The maximum atomic E-state index is 12.3. The molecule has 5 nitrogen and oxygen atoms in total. The fraction of sp³-hybridized carbons (Fsp3) is 0.692. The molecule has 2 bridgehead atoms. The Morgan fingerprint density at radius 2 is 2.28 bits per heavy atom. The van der Waals surface area contributed by atoms with E-state index >= 15 is 0 Å². The zero-order valence-electron chi connectivity index (χ0n) is 10.8. The molecule has 2 fully saturated rings. The largest absolute Gasteiger partial charge is 0.341 e. The SMILES string of the molecule is Cn1cc(CC(=O)N2CCC3CCC(C2)N3)cn1. The second kappa shape index (κ2) is 4.72. The van der Waals surface area contributed by atoms with Crippen molar-refractivity contribution in [1.82, 2.24) is 20.0 Å². The van der Waals surface area contributed by atoms with Gasteiger partial charge in [-0.3, -0.25) is 9.48 Å². The Kier molecular flexibility index (Phi) is 3.07. The molecule has 0 spiro atoms. The summed E-state index contributed by atoms with van der Waals surface area (Å²) in [4.78, 5) is 14.3. The van der Waals surface area contributed by atoms with E-state index in [4.69, 9.17) is 0 Å². The van der Waals surface area contributed by atoms with Gasteiger partial charge in [0.05, 0.1) is 12.6 Å². The third-order valence-electron chi connectivity index (χ3n) is 3.99. The topological polar surface area (TPSA) is 50.2 Å². The normalized spacial score (nSPS) is 27.3. The Morgan fingerprint density at radius 3 is 3.06 bits per heavy atom. The second-order valence-corrected chi connectivity index (χ2v) is 5.47. The lowest BCUT2D eigenvalue weighted by molar-refractivity contribution is -0.130. The molecule has 1 amide bonds. The molecule has 0 aliphatic carbocycles. The van der Waals surface area contributed by atoms with Gasteiger partial charge in [-0.05, 0) is 24.8 Å². The van der Waals surface area contributed by atoms with Crippen LogP contribution in [0.1, 0.15) is 24.8 Å². The number of hydrogen-bond donors (Lipinski definition) is 1. The van der Waals surface area contributed by atoms with Crippen molar-refractivity contribution >= 4 is 5.91 Å². The number of aryl methyl sites for hydroxylation is 1. The number of fused-ring (bicyclic) bond motifs is 2. The van der Waals surface area contributed by atoms with E-state index in [0.717, 1.165) is 25.1 Å². The average Bonchev–Trinajstić information content (AvgIpc) is 2.85. The van der Waals surface area contributed by atoms with Gasteiger partial charge in [0.1, 0.15) is 0 Å². The number of likely N-dealkylation sites (tertiary alicyclic amines) is 1. The van der Waals surface area contributed by atoms with Crippen molar-refractivity contribution in [2.75, 3.05) is 13.1 Å². The summed E-state index contributed by atoms with van der Waals surface area (Å²) >= 11 is 0. The minimum absolute atomic E-state index is 0.234. The molecule has 18 heavy (non-hydrogen) atoms. The highest BCUT2D eigenvalue weighted by Gasteiger charge is 2.30. The zero-order valence-corrected chi connectivity index (χ0v) is 10.8. The lowest BCUT2D eigenvalue weighted by Crippen LogP contribution is -2.39. The molecule has 0 saturated carbocycles. The molecule has 1 N–H and O–H groups in total. The quantitative estimate of drug-likeness (QED) is 0.820. The number of nitrogens with zero attached hydrogens (tertiary/aromatic N) is 3. The summed E-state index contributed by atoms with van der Waals surface area (Å²) in [5, 5.41) is 7.70. The number of carbonyl (C=O) groups is 1. The van der Waals surface area contributed by atoms with E-state index in [9.17, 15) is 4.79 Å². The molecule has 5 heteroatoms. The van der Waals surface area contributed by atoms with Gasteiger partial charge in [-0.2, -0.15) is 5.10 Å². The second-order valence-electron chi connectivity index (χ2n) is 5.47. The van der Waals surface area contributed by atoms with Gasteiger partial charge in [-0.25, -0.2) is 0 Å². The predicted molar refractivity (Wildman–Crippen MR) is 68.1 cm³/mol. The third kappa shape index (κ3) is 2.41. The molecule has 1 aromatic rings. The number of rotatable bonds is 2. The van der Waals surface area contributed by atoms with Gasteiger partial charge in [0, 0.05) is 38.4 Å². The van der Waals surface area contributed by atoms with E-state index in [1.54, 1.807) is 10.9 Å². The van der Waals surface area contributed by atoms with Crippen molar-refractivity contribution in [1.29, 1.82) is 0 Å². The van der Waals surface area contributed by atoms with Gasteiger partial charge in [-0.1, -0.05) is 0 Å². The van der Waals surface area contributed by atoms with Crippen molar-refractivity contribution < 1.29 is 4.79 Å². The first-order chi connectivity index (χ1) is 8.70. The summed E-state index contributed by atoms with van der Waals surface area (Å²) in [6.07, 6.45) is 7.75. The third-order valence-corrected chi connectivity index (χ3v) is 3.99. The van der Waals surface area contributed by atoms with Gasteiger partial charge < -0.3 is 10.2 Å². The molecule has 2 atom stereocenters. The van der Waals surface area contributed by atoms with E-state index in [0.29, 0.717) is 18.5 Å². The lowest BCUT2D eigenvalue weighted by atomic mass is 10.1. The molecule has 2 aliphatic rings. The van der Waals surface area contributed by atoms with Gasteiger partial charge >= 0.3 is 0 Å². The van der Waals surface area contributed by atoms with Crippen LogP contribution in [0.3, 0.4) is 0 Å². The van der Waals surface area contributed by atoms with E-state index in [1.807, 2.05) is 18.1 Å². The predicted octanol–water partition coefficient (Wildman–Crippen LogP) is 0.315. The van der Waals surface area contributed by atoms with Crippen molar-refractivity contribution in [3.05, 3.63) is 18.0 Å². The van der Waals surface area contributed by atoms with Crippen LogP contribution < -0.4 is 5.32 Å². The molecule has 2 saturated heterocycles. The number of aromatic nitrogens is 2. The maximum Gasteiger partial charge on any atom is 0.227 e. The Bertz CT molecular complexity index is 442. The van der Waals surface area contributed by atoms with E-state index in [2.05, 4.69) is 10.4 Å². The molecule has 3 heterocycles. The highest BCUT2D eigenvalue weighted by molar-refractivity contribution is 5.78. The molecule has 0 radical (unpaired) electrons. The van der Waals surface area contributed by atoms with Crippen molar-refractivity contribution in [2.24, 2.45) is 7.05 Å². The van der Waals surface area contributed by atoms with Crippen LogP contribution in [0.2, 0.25) is 0 Å². The van der Waals surface area contributed by atoms with E-state index in [1.165, 1.54) is 12.8 Å². The molecule has 3 rings (SSSR count). The van der Waals surface area contributed by atoms with E-state index in [-0.39, 0.29) is 5.91 Å². The summed E-state index contributed by atoms with van der Waals surface area (Å²) in [5.41, 5.74) is 1.00. The molecular weight excluding hydrogens is 228 g/mol. The van der Waals surface area contributed by atoms with Crippen LogP contribution in [0, 0.1) is 0 Å². The van der Waals surface area contributed by atoms with Crippen LogP contribution in [0.4, 0.5) is 0 Å². The fourth-order valence-electron chi connectivity index (χ4n) is 3.02. The number of hydrogen-bond acceptors (Lipinski definition) is 3. The van der Waals surface area contributed by atoms with Crippen molar-refractivity contribution in [3.8, 4) is 0 Å².